The van der Waals surface area contributed by atoms with Crippen molar-refractivity contribution in [2.75, 3.05) is 7.11 Å². The molecule has 8 heteroatoms. The van der Waals surface area contributed by atoms with Gasteiger partial charge in [-0.2, -0.15) is 8.78 Å². The highest BCUT2D eigenvalue weighted by Gasteiger charge is 2.10. The van der Waals surface area contributed by atoms with Crippen LogP contribution in [0.2, 0.25) is 0 Å². The van der Waals surface area contributed by atoms with Gasteiger partial charge in [0, 0.05) is 15.6 Å². The lowest BCUT2D eigenvalue weighted by atomic mass is 10.2. The summed E-state index contributed by atoms with van der Waals surface area (Å²) in [6.45, 7) is -2.98. The lowest BCUT2D eigenvalue weighted by molar-refractivity contribution is -0.0512. The van der Waals surface area contributed by atoms with Gasteiger partial charge in [-0.15, -0.1) is 0 Å². The number of alkyl halides is 2. The molecule has 128 valence electrons. The van der Waals surface area contributed by atoms with Crippen LogP contribution in [-0.2, 0) is 11.4 Å². The maximum absolute atomic E-state index is 13.6. The zero-order valence-electron chi connectivity index (χ0n) is 12.5. The van der Waals surface area contributed by atoms with Crippen LogP contribution in [-0.4, -0.2) is 19.9 Å². The summed E-state index contributed by atoms with van der Waals surface area (Å²) in [6.07, 6.45) is 1.35. The summed E-state index contributed by atoms with van der Waals surface area (Å²) in [6, 6.07) is 8.90. The van der Waals surface area contributed by atoms with Crippen molar-refractivity contribution >= 4 is 22.1 Å². The van der Waals surface area contributed by atoms with E-state index >= 15 is 0 Å². The van der Waals surface area contributed by atoms with Crippen molar-refractivity contribution in [1.29, 1.82) is 0 Å². The van der Waals surface area contributed by atoms with Gasteiger partial charge >= 0.3 is 6.61 Å². The van der Waals surface area contributed by atoms with E-state index < -0.39 is 12.4 Å². The standard InChI is InChI=1S/C16H13BrF3NO3/c1-22-15-6-10(2-5-14(15)24-16(19)20)8-21-23-9-11-3-4-12(17)7-13(11)18/h2-8,16H,9H2,1H3. The molecule has 0 bridgehead atoms. The molecule has 2 aromatic rings. The fourth-order valence-electron chi connectivity index (χ4n) is 1.80. The Balaban J connectivity index is 1.98. The summed E-state index contributed by atoms with van der Waals surface area (Å²) < 4.78 is 48.0. The van der Waals surface area contributed by atoms with Gasteiger partial charge in [-0.05, 0) is 30.3 Å². The van der Waals surface area contributed by atoms with Crippen molar-refractivity contribution in [3.63, 3.8) is 0 Å². The highest BCUT2D eigenvalue weighted by atomic mass is 79.9. The Kier molecular flexibility index (Phi) is 6.48. The van der Waals surface area contributed by atoms with Gasteiger partial charge in [0.05, 0.1) is 13.3 Å². The predicted molar refractivity (Wildman–Crippen MR) is 86.1 cm³/mol. The SMILES string of the molecule is COc1cc(C=NOCc2ccc(Br)cc2F)ccc1OC(F)F. The van der Waals surface area contributed by atoms with Crippen LogP contribution in [0, 0.1) is 5.82 Å². The second-order valence-corrected chi connectivity index (χ2v) is 5.45. The Morgan fingerprint density at radius 2 is 1.96 bits per heavy atom. The van der Waals surface area contributed by atoms with Gasteiger partial charge in [-0.3, -0.25) is 0 Å². The quantitative estimate of drug-likeness (QED) is 0.494. The number of benzene rings is 2. The van der Waals surface area contributed by atoms with Crippen molar-refractivity contribution in [3.05, 3.63) is 57.8 Å². The van der Waals surface area contributed by atoms with Crippen LogP contribution in [0.15, 0.2) is 46.0 Å². The summed E-state index contributed by atoms with van der Waals surface area (Å²) in [7, 11) is 1.33. The number of methoxy groups -OCH3 is 1. The fourth-order valence-corrected chi connectivity index (χ4v) is 2.13. The van der Waals surface area contributed by atoms with E-state index in [9.17, 15) is 13.2 Å². The molecule has 2 aromatic carbocycles. The molecule has 0 spiro atoms. The third-order valence-electron chi connectivity index (χ3n) is 2.92. The largest absolute Gasteiger partial charge is 0.493 e. The summed E-state index contributed by atoms with van der Waals surface area (Å²) in [5.74, 6) is -0.351. The first-order chi connectivity index (χ1) is 11.5. The Bertz CT molecular complexity index is 726. The molecule has 0 aliphatic carbocycles. The van der Waals surface area contributed by atoms with Gasteiger partial charge < -0.3 is 14.3 Å². The van der Waals surface area contributed by atoms with Crippen LogP contribution < -0.4 is 9.47 Å². The molecule has 24 heavy (non-hydrogen) atoms. The molecule has 0 unspecified atom stereocenters. The van der Waals surface area contributed by atoms with Crippen LogP contribution in [0.1, 0.15) is 11.1 Å². The van der Waals surface area contributed by atoms with E-state index in [4.69, 9.17) is 9.57 Å². The molecule has 0 aromatic heterocycles. The molecule has 0 radical (unpaired) electrons. The van der Waals surface area contributed by atoms with E-state index in [0.717, 1.165) is 0 Å². The van der Waals surface area contributed by atoms with Crippen molar-refractivity contribution < 1.29 is 27.5 Å². The Labute approximate surface area is 145 Å². The first kappa shape index (κ1) is 18.1. The van der Waals surface area contributed by atoms with E-state index in [-0.39, 0.29) is 18.1 Å². The minimum absolute atomic E-state index is 0.0423. The van der Waals surface area contributed by atoms with E-state index in [1.807, 2.05) is 0 Å². The van der Waals surface area contributed by atoms with Gasteiger partial charge in [0.2, 0.25) is 0 Å². The number of nitrogens with zero attached hydrogens (tertiary/aromatic N) is 1. The Hall–Kier alpha value is -2.22. The molecule has 0 aliphatic heterocycles. The molecule has 0 amide bonds. The van der Waals surface area contributed by atoms with Gasteiger partial charge in [0.25, 0.3) is 0 Å². The summed E-state index contributed by atoms with van der Waals surface area (Å²) in [5.41, 5.74) is 0.901. The van der Waals surface area contributed by atoms with E-state index in [0.29, 0.717) is 15.6 Å². The Morgan fingerprint density at radius 3 is 2.62 bits per heavy atom. The molecule has 0 heterocycles. The number of halogens is 4. The zero-order valence-corrected chi connectivity index (χ0v) is 14.1. The first-order valence-corrected chi connectivity index (χ1v) is 7.51. The molecule has 0 aliphatic rings. The maximum atomic E-state index is 13.6. The number of hydrogen-bond acceptors (Lipinski definition) is 4. The third-order valence-corrected chi connectivity index (χ3v) is 3.41. The third kappa shape index (κ3) is 5.16. The molecule has 0 N–H and O–H groups in total. The number of oxime groups is 1. The maximum Gasteiger partial charge on any atom is 0.387 e. The van der Waals surface area contributed by atoms with Crippen LogP contribution in [0.4, 0.5) is 13.2 Å². The molecule has 0 saturated heterocycles. The summed E-state index contributed by atoms with van der Waals surface area (Å²) in [5, 5.41) is 3.72. The van der Waals surface area contributed by atoms with E-state index in [1.54, 1.807) is 12.1 Å². The summed E-state index contributed by atoms with van der Waals surface area (Å²) in [4.78, 5) is 5.03. The van der Waals surface area contributed by atoms with Crippen molar-refractivity contribution in [1.82, 2.24) is 0 Å². The average Bonchev–Trinajstić information content (AvgIpc) is 2.53. The van der Waals surface area contributed by atoms with Crippen LogP contribution in [0.25, 0.3) is 0 Å². The minimum atomic E-state index is -2.94. The molecular weight excluding hydrogens is 391 g/mol. The van der Waals surface area contributed by atoms with Gasteiger partial charge in [0.1, 0.15) is 12.4 Å². The van der Waals surface area contributed by atoms with Crippen LogP contribution in [0.3, 0.4) is 0 Å². The number of rotatable bonds is 7. The van der Waals surface area contributed by atoms with Gasteiger partial charge in [-0.25, -0.2) is 4.39 Å². The second-order valence-electron chi connectivity index (χ2n) is 4.53. The lowest BCUT2D eigenvalue weighted by Crippen LogP contribution is -2.03. The molecule has 2 rings (SSSR count). The topological polar surface area (TPSA) is 40.0 Å². The second kappa shape index (κ2) is 8.58. The zero-order chi connectivity index (χ0) is 17.5. The lowest BCUT2D eigenvalue weighted by Gasteiger charge is -2.09. The Morgan fingerprint density at radius 1 is 1.17 bits per heavy atom. The van der Waals surface area contributed by atoms with Crippen molar-refractivity contribution in [3.8, 4) is 11.5 Å². The van der Waals surface area contributed by atoms with Crippen molar-refractivity contribution in [2.45, 2.75) is 13.2 Å². The molecule has 0 atom stereocenters. The minimum Gasteiger partial charge on any atom is -0.493 e. The highest BCUT2D eigenvalue weighted by Crippen LogP contribution is 2.29. The predicted octanol–water partition coefficient (Wildman–Crippen LogP) is 4.75. The monoisotopic (exact) mass is 403 g/mol. The number of ether oxygens (including phenoxy) is 2. The molecule has 0 saturated carbocycles. The smallest absolute Gasteiger partial charge is 0.387 e. The molecule has 0 fully saturated rings. The van der Waals surface area contributed by atoms with Crippen LogP contribution >= 0.6 is 15.9 Å². The normalized spacial score (nSPS) is 11.1. The van der Waals surface area contributed by atoms with Crippen molar-refractivity contribution in [2.24, 2.45) is 5.16 Å². The first-order valence-electron chi connectivity index (χ1n) is 6.71. The fraction of sp³-hybridized carbons (Fsp3) is 0.188. The van der Waals surface area contributed by atoms with Gasteiger partial charge in [-0.1, -0.05) is 27.2 Å². The van der Waals surface area contributed by atoms with E-state index in [2.05, 4.69) is 25.8 Å². The van der Waals surface area contributed by atoms with Gasteiger partial charge in [0.15, 0.2) is 11.5 Å². The number of hydrogen-bond donors (Lipinski definition) is 0. The highest BCUT2D eigenvalue weighted by molar-refractivity contribution is 9.10. The van der Waals surface area contributed by atoms with Crippen LogP contribution in [0.5, 0.6) is 11.5 Å². The molecule has 4 nitrogen and oxygen atoms in total. The average molecular weight is 404 g/mol. The van der Waals surface area contributed by atoms with E-state index in [1.165, 1.54) is 37.6 Å². The summed E-state index contributed by atoms with van der Waals surface area (Å²) >= 11 is 3.16. The molecular formula is C16H13BrF3NO3.